The fraction of sp³-hybridized carbons (Fsp3) is 0.500. The van der Waals surface area contributed by atoms with Gasteiger partial charge in [-0.15, -0.1) is 0 Å². The van der Waals surface area contributed by atoms with E-state index in [-0.39, 0.29) is 11.1 Å². The van der Waals surface area contributed by atoms with Crippen LogP contribution in [0.5, 0.6) is 0 Å². The number of hydrogen-bond donors (Lipinski definition) is 3. The first-order valence-corrected chi connectivity index (χ1v) is 10.5. The molecule has 1 aliphatic rings. The Hall–Kier alpha value is -2.73. The van der Waals surface area contributed by atoms with Gasteiger partial charge in [0.15, 0.2) is 5.58 Å². The lowest BCUT2D eigenvalue weighted by Crippen LogP contribution is -2.44. The number of fused-ring (bicyclic) bond motifs is 1. The maximum absolute atomic E-state index is 12.9. The summed E-state index contributed by atoms with van der Waals surface area (Å²) in [5.74, 6) is -4.77. The number of carbonyl (C=O) groups is 2. The highest BCUT2D eigenvalue weighted by atomic mass is 32.2. The standard InChI is InChI=1S/C14H16F3N3OS.2C2HF3O2/c15-14(16,17)10-2-1-3-11-12(10)21-13(19-11)22-9-8-20-6-4-18-5-7-20;2*3-2(4,5)1(6)7/h1-3,18H,4-9H2;2*(H,6,7). The molecule has 204 valence electrons. The van der Waals surface area contributed by atoms with Crippen LogP contribution in [0.25, 0.3) is 11.1 Å². The number of rotatable bonds is 4. The predicted octanol–water partition coefficient (Wildman–Crippen LogP) is 4.11. The van der Waals surface area contributed by atoms with Gasteiger partial charge in [-0.25, -0.2) is 14.6 Å². The smallest absolute Gasteiger partial charge is 0.475 e. The second kappa shape index (κ2) is 13.0. The molecule has 0 unspecified atom stereocenters. The van der Waals surface area contributed by atoms with Crippen LogP contribution in [0.15, 0.2) is 27.8 Å². The number of aromatic nitrogens is 1. The molecule has 1 aromatic carbocycles. The van der Waals surface area contributed by atoms with Crippen molar-refractivity contribution in [3.63, 3.8) is 0 Å². The number of para-hydroxylation sites is 1. The average Bonchev–Trinajstić information content (AvgIpc) is 3.16. The third-order valence-corrected chi connectivity index (χ3v) is 4.84. The summed E-state index contributed by atoms with van der Waals surface area (Å²) in [5.41, 5.74) is -0.703. The van der Waals surface area contributed by atoms with Gasteiger partial charge in [-0.3, -0.25) is 4.90 Å². The fourth-order valence-electron chi connectivity index (χ4n) is 2.41. The van der Waals surface area contributed by atoms with Gasteiger partial charge in [0.1, 0.15) is 11.1 Å². The molecule has 0 aliphatic carbocycles. The Morgan fingerprint density at radius 3 is 1.92 bits per heavy atom. The van der Waals surface area contributed by atoms with Gasteiger partial charge < -0.3 is 19.9 Å². The Labute approximate surface area is 200 Å². The summed E-state index contributed by atoms with van der Waals surface area (Å²) in [5, 5.41) is 17.8. The first kappa shape index (κ1) is 31.3. The van der Waals surface area contributed by atoms with Crippen molar-refractivity contribution in [1.82, 2.24) is 15.2 Å². The highest BCUT2D eigenvalue weighted by Gasteiger charge is 2.39. The van der Waals surface area contributed by atoms with Crippen molar-refractivity contribution >= 4 is 34.8 Å². The zero-order valence-corrected chi connectivity index (χ0v) is 18.6. The van der Waals surface area contributed by atoms with Gasteiger partial charge in [-0.05, 0) is 12.1 Å². The zero-order chi connectivity index (χ0) is 27.7. The van der Waals surface area contributed by atoms with E-state index in [9.17, 15) is 39.5 Å². The molecule has 0 amide bonds. The molecule has 2 aromatic rings. The summed E-state index contributed by atoms with van der Waals surface area (Å²) in [7, 11) is 0. The van der Waals surface area contributed by atoms with Crippen molar-refractivity contribution in [2.24, 2.45) is 0 Å². The summed E-state index contributed by atoms with van der Waals surface area (Å²) in [4.78, 5) is 24.2. The Morgan fingerprint density at radius 1 is 0.972 bits per heavy atom. The van der Waals surface area contributed by atoms with E-state index < -0.39 is 36.0 Å². The van der Waals surface area contributed by atoms with Crippen LogP contribution >= 0.6 is 11.8 Å². The van der Waals surface area contributed by atoms with E-state index in [0.29, 0.717) is 5.22 Å². The quantitative estimate of drug-likeness (QED) is 0.376. The summed E-state index contributed by atoms with van der Waals surface area (Å²) in [6.07, 6.45) is -14.6. The van der Waals surface area contributed by atoms with Crippen molar-refractivity contribution in [2.75, 3.05) is 38.5 Å². The Kier molecular flexibility index (Phi) is 11.3. The number of halogens is 9. The second-order valence-electron chi connectivity index (χ2n) is 6.68. The van der Waals surface area contributed by atoms with Crippen LogP contribution in [0.3, 0.4) is 0 Å². The van der Waals surface area contributed by atoms with E-state index >= 15 is 0 Å². The van der Waals surface area contributed by atoms with Crippen LogP contribution in [0.2, 0.25) is 0 Å². The molecule has 0 bridgehead atoms. The minimum Gasteiger partial charge on any atom is -0.475 e. The van der Waals surface area contributed by atoms with Crippen molar-refractivity contribution in [1.29, 1.82) is 0 Å². The zero-order valence-electron chi connectivity index (χ0n) is 17.8. The number of hydrogen-bond acceptors (Lipinski definition) is 7. The summed E-state index contributed by atoms with van der Waals surface area (Å²) >= 11 is 1.35. The van der Waals surface area contributed by atoms with Gasteiger partial charge in [0.2, 0.25) is 0 Å². The number of carboxylic acid groups (broad SMARTS) is 2. The van der Waals surface area contributed by atoms with Gasteiger partial charge in [0.05, 0.1) is 0 Å². The monoisotopic (exact) mass is 559 g/mol. The first-order chi connectivity index (χ1) is 16.4. The molecule has 0 radical (unpaired) electrons. The second-order valence-corrected chi connectivity index (χ2v) is 7.72. The fourth-order valence-corrected chi connectivity index (χ4v) is 3.24. The topological polar surface area (TPSA) is 116 Å². The van der Waals surface area contributed by atoms with E-state index in [4.69, 9.17) is 24.2 Å². The van der Waals surface area contributed by atoms with Crippen LogP contribution in [-0.4, -0.2) is 82.9 Å². The number of piperazine rings is 1. The molecule has 1 fully saturated rings. The lowest BCUT2D eigenvalue weighted by atomic mass is 10.2. The molecular formula is C18H18F9N3O5S. The van der Waals surface area contributed by atoms with Crippen molar-refractivity contribution in [3.05, 3.63) is 23.8 Å². The summed E-state index contributed by atoms with van der Waals surface area (Å²) in [6.45, 7) is 4.81. The third-order valence-electron chi connectivity index (χ3n) is 4.03. The molecule has 36 heavy (non-hydrogen) atoms. The molecule has 0 spiro atoms. The van der Waals surface area contributed by atoms with E-state index in [2.05, 4.69) is 15.2 Å². The lowest BCUT2D eigenvalue weighted by Gasteiger charge is -2.26. The van der Waals surface area contributed by atoms with Crippen LogP contribution in [0.1, 0.15) is 5.56 Å². The predicted molar refractivity (Wildman–Crippen MR) is 106 cm³/mol. The number of oxazole rings is 1. The van der Waals surface area contributed by atoms with E-state index in [1.807, 2.05) is 0 Å². The maximum atomic E-state index is 12.9. The number of benzene rings is 1. The molecule has 2 heterocycles. The van der Waals surface area contributed by atoms with Crippen molar-refractivity contribution in [2.45, 2.75) is 23.8 Å². The highest BCUT2D eigenvalue weighted by Crippen LogP contribution is 2.36. The van der Waals surface area contributed by atoms with Crippen LogP contribution in [0, 0.1) is 0 Å². The Bertz CT molecular complexity index is 979. The number of thioether (sulfide) groups is 1. The van der Waals surface area contributed by atoms with Crippen LogP contribution in [-0.2, 0) is 15.8 Å². The molecule has 1 aromatic heterocycles. The lowest BCUT2D eigenvalue weighted by molar-refractivity contribution is -0.193. The SMILES string of the molecule is FC(F)(F)c1cccc2nc(SCCN3CCNCC3)oc12.O=C(O)C(F)(F)F.O=C(O)C(F)(F)F. The van der Waals surface area contributed by atoms with E-state index in [1.165, 1.54) is 23.9 Å². The molecule has 1 saturated heterocycles. The number of nitrogens with zero attached hydrogens (tertiary/aromatic N) is 2. The highest BCUT2D eigenvalue weighted by molar-refractivity contribution is 7.99. The third kappa shape index (κ3) is 10.9. The molecule has 3 rings (SSSR count). The number of aliphatic carboxylic acids is 2. The molecule has 0 atom stereocenters. The first-order valence-electron chi connectivity index (χ1n) is 9.55. The Balaban J connectivity index is 0.000000383. The summed E-state index contributed by atoms with van der Waals surface area (Å²) < 4.78 is 108. The van der Waals surface area contributed by atoms with Crippen LogP contribution in [0.4, 0.5) is 39.5 Å². The van der Waals surface area contributed by atoms with Gasteiger partial charge in [0, 0.05) is 38.5 Å². The minimum atomic E-state index is -5.08. The largest absolute Gasteiger partial charge is 0.490 e. The molecule has 3 N–H and O–H groups in total. The Morgan fingerprint density at radius 2 is 1.47 bits per heavy atom. The molecule has 0 saturated carbocycles. The molecular weight excluding hydrogens is 541 g/mol. The van der Waals surface area contributed by atoms with Crippen molar-refractivity contribution < 1.29 is 63.7 Å². The van der Waals surface area contributed by atoms with Gasteiger partial charge in [-0.1, -0.05) is 17.8 Å². The molecule has 18 heteroatoms. The minimum absolute atomic E-state index is 0.181. The normalized spacial score (nSPS) is 14.9. The summed E-state index contributed by atoms with van der Waals surface area (Å²) in [6, 6.07) is 3.90. The van der Waals surface area contributed by atoms with E-state index in [1.54, 1.807) is 0 Å². The number of nitrogens with one attached hydrogen (secondary N) is 1. The van der Waals surface area contributed by atoms with E-state index in [0.717, 1.165) is 44.5 Å². The van der Waals surface area contributed by atoms with Gasteiger partial charge in [-0.2, -0.15) is 39.5 Å². The number of carboxylic acids is 2. The number of alkyl halides is 9. The molecule has 8 nitrogen and oxygen atoms in total. The molecule has 1 aliphatic heterocycles. The van der Waals surface area contributed by atoms with Crippen LogP contribution < -0.4 is 5.32 Å². The van der Waals surface area contributed by atoms with Gasteiger partial charge in [0.25, 0.3) is 5.22 Å². The van der Waals surface area contributed by atoms with Gasteiger partial charge >= 0.3 is 30.5 Å². The maximum Gasteiger partial charge on any atom is 0.490 e. The van der Waals surface area contributed by atoms with Crippen molar-refractivity contribution in [3.8, 4) is 0 Å². The average molecular weight is 559 g/mol.